The summed E-state index contributed by atoms with van der Waals surface area (Å²) in [5, 5.41) is 2.95. The molecule has 2 rings (SSSR count). The predicted octanol–water partition coefficient (Wildman–Crippen LogP) is 3.61. The summed E-state index contributed by atoms with van der Waals surface area (Å²) in [7, 11) is 3.41. The summed E-state index contributed by atoms with van der Waals surface area (Å²) in [6.07, 6.45) is 0. The monoisotopic (exact) mass is 378 g/mol. The number of nitrogens with zero attached hydrogens (tertiary/aromatic N) is 1. The number of benzene rings is 2. The van der Waals surface area contributed by atoms with Crippen molar-refractivity contribution < 1.29 is 23.0 Å². The van der Waals surface area contributed by atoms with Crippen molar-refractivity contribution in [1.29, 1.82) is 0 Å². The Labute approximate surface area is 157 Å². The van der Waals surface area contributed by atoms with Crippen LogP contribution < -0.4 is 14.8 Å². The Bertz CT molecular complexity index is 738. The maximum atomic E-state index is 12.3. The first-order valence-corrected chi connectivity index (χ1v) is 8.53. The third-order valence-electron chi connectivity index (χ3n) is 4.00. The van der Waals surface area contributed by atoms with Crippen molar-refractivity contribution in [1.82, 2.24) is 10.2 Å². The lowest BCUT2D eigenvalue weighted by Crippen LogP contribution is -2.36. The average molecular weight is 378 g/mol. The third-order valence-corrected chi connectivity index (χ3v) is 4.00. The van der Waals surface area contributed by atoms with Crippen LogP contribution in [0.1, 0.15) is 24.1 Å². The number of nitrogens with one attached hydrogen (secondary N) is 1. The average Bonchev–Trinajstić information content (AvgIpc) is 2.62. The molecule has 0 aliphatic heterocycles. The Morgan fingerprint density at radius 3 is 2.44 bits per heavy atom. The molecule has 2 aromatic carbocycles. The SMILES string of the molecule is COc1ccccc1C(C)NC(=O)CN(C)Cc1ccc(OC(F)F)cc1. The molecule has 0 spiro atoms. The van der Waals surface area contributed by atoms with Gasteiger partial charge in [-0.3, -0.25) is 9.69 Å². The number of rotatable bonds is 9. The van der Waals surface area contributed by atoms with Crippen LogP contribution in [0.3, 0.4) is 0 Å². The number of amides is 1. The molecule has 5 nitrogen and oxygen atoms in total. The zero-order valence-corrected chi connectivity index (χ0v) is 15.6. The van der Waals surface area contributed by atoms with Crippen LogP contribution in [0.15, 0.2) is 48.5 Å². The van der Waals surface area contributed by atoms with Crippen molar-refractivity contribution in [3.63, 3.8) is 0 Å². The number of alkyl halides is 2. The first-order valence-electron chi connectivity index (χ1n) is 8.53. The minimum absolute atomic E-state index is 0.111. The van der Waals surface area contributed by atoms with E-state index in [0.29, 0.717) is 6.54 Å². The van der Waals surface area contributed by atoms with E-state index in [0.717, 1.165) is 16.9 Å². The summed E-state index contributed by atoms with van der Waals surface area (Å²) in [6, 6.07) is 13.7. The third kappa shape index (κ3) is 6.53. The fourth-order valence-corrected chi connectivity index (χ4v) is 2.78. The summed E-state index contributed by atoms with van der Waals surface area (Å²) in [5.74, 6) is 0.720. The van der Waals surface area contributed by atoms with Crippen LogP contribution in [0.25, 0.3) is 0 Å². The number of halogens is 2. The van der Waals surface area contributed by atoms with Crippen LogP contribution in [0.4, 0.5) is 8.78 Å². The molecule has 1 amide bonds. The number of hydrogen-bond acceptors (Lipinski definition) is 4. The number of carbonyl (C=O) groups excluding carboxylic acids is 1. The molecule has 0 bridgehead atoms. The molecule has 1 unspecified atom stereocenters. The molecule has 2 aromatic rings. The van der Waals surface area contributed by atoms with E-state index in [1.54, 1.807) is 19.2 Å². The Morgan fingerprint density at radius 2 is 1.81 bits per heavy atom. The van der Waals surface area contributed by atoms with Gasteiger partial charge in [0, 0.05) is 12.1 Å². The van der Waals surface area contributed by atoms with Gasteiger partial charge in [-0.2, -0.15) is 8.78 Å². The number of para-hydroxylation sites is 1. The standard InChI is InChI=1S/C20H24F2N2O3/c1-14(17-6-4-5-7-18(17)26-3)23-19(25)13-24(2)12-15-8-10-16(11-9-15)27-20(21)22/h4-11,14,20H,12-13H2,1-3H3,(H,23,25). The van der Waals surface area contributed by atoms with Gasteiger partial charge < -0.3 is 14.8 Å². The van der Waals surface area contributed by atoms with Crippen LogP contribution in [-0.4, -0.2) is 38.1 Å². The van der Waals surface area contributed by atoms with Gasteiger partial charge in [-0.25, -0.2) is 0 Å². The Hall–Kier alpha value is -2.67. The lowest BCUT2D eigenvalue weighted by atomic mass is 10.1. The predicted molar refractivity (Wildman–Crippen MR) is 99.0 cm³/mol. The van der Waals surface area contributed by atoms with E-state index in [4.69, 9.17) is 4.74 Å². The quantitative estimate of drug-likeness (QED) is 0.724. The van der Waals surface area contributed by atoms with Crippen molar-refractivity contribution in [3.8, 4) is 11.5 Å². The van der Waals surface area contributed by atoms with E-state index in [1.807, 2.05) is 43.1 Å². The molecule has 27 heavy (non-hydrogen) atoms. The molecule has 0 aromatic heterocycles. The highest BCUT2D eigenvalue weighted by Crippen LogP contribution is 2.24. The van der Waals surface area contributed by atoms with E-state index in [-0.39, 0.29) is 24.2 Å². The van der Waals surface area contributed by atoms with Crippen LogP contribution in [0.5, 0.6) is 11.5 Å². The number of likely N-dealkylation sites (N-methyl/N-ethyl adjacent to an activating group) is 1. The normalized spacial score (nSPS) is 12.1. The highest BCUT2D eigenvalue weighted by molar-refractivity contribution is 5.78. The van der Waals surface area contributed by atoms with Gasteiger partial charge >= 0.3 is 6.61 Å². The highest BCUT2D eigenvalue weighted by atomic mass is 19.3. The summed E-state index contributed by atoms with van der Waals surface area (Å²) in [6.45, 7) is -0.232. The van der Waals surface area contributed by atoms with Crippen LogP contribution in [0, 0.1) is 0 Å². The van der Waals surface area contributed by atoms with E-state index < -0.39 is 6.61 Å². The van der Waals surface area contributed by atoms with Gasteiger partial charge in [-0.05, 0) is 37.7 Å². The first kappa shape index (κ1) is 20.6. The second kappa shape index (κ2) is 9.87. The molecule has 0 aliphatic carbocycles. The molecule has 0 radical (unpaired) electrons. The molecular weight excluding hydrogens is 354 g/mol. The Balaban J connectivity index is 1.86. The summed E-state index contributed by atoms with van der Waals surface area (Å²) in [4.78, 5) is 14.1. The van der Waals surface area contributed by atoms with Crippen LogP contribution in [-0.2, 0) is 11.3 Å². The number of ether oxygens (including phenoxy) is 2. The van der Waals surface area contributed by atoms with E-state index in [1.165, 1.54) is 12.1 Å². The first-order chi connectivity index (χ1) is 12.9. The molecule has 7 heteroatoms. The smallest absolute Gasteiger partial charge is 0.387 e. The molecule has 146 valence electrons. The maximum Gasteiger partial charge on any atom is 0.387 e. The van der Waals surface area contributed by atoms with Crippen LogP contribution in [0.2, 0.25) is 0 Å². The van der Waals surface area contributed by atoms with E-state index in [9.17, 15) is 13.6 Å². The number of carbonyl (C=O) groups is 1. The van der Waals surface area contributed by atoms with Crippen molar-refractivity contribution in [2.45, 2.75) is 26.1 Å². The van der Waals surface area contributed by atoms with E-state index >= 15 is 0 Å². The molecule has 1 N–H and O–H groups in total. The molecule has 0 saturated carbocycles. The summed E-state index contributed by atoms with van der Waals surface area (Å²) < 4.78 is 34.0. The van der Waals surface area contributed by atoms with Crippen LogP contribution >= 0.6 is 0 Å². The second-order valence-corrected chi connectivity index (χ2v) is 6.23. The van der Waals surface area contributed by atoms with Crippen molar-refractivity contribution >= 4 is 5.91 Å². The molecule has 0 fully saturated rings. The van der Waals surface area contributed by atoms with Gasteiger partial charge in [0.25, 0.3) is 0 Å². The fourth-order valence-electron chi connectivity index (χ4n) is 2.78. The lowest BCUT2D eigenvalue weighted by Gasteiger charge is -2.20. The van der Waals surface area contributed by atoms with Gasteiger partial charge in [-0.1, -0.05) is 30.3 Å². The number of methoxy groups -OCH3 is 1. The second-order valence-electron chi connectivity index (χ2n) is 6.23. The molecule has 0 heterocycles. The van der Waals surface area contributed by atoms with Gasteiger partial charge in [0.1, 0.15) is 11.5 Å². The zero-order chi connectivity index (χ0) is 19.8. The molecule has 0 aliphatic rings. The minimum Gasteiger partial charge on any atom is -0.496 e. The minimum atomic E-state index is -2.84. The van der Waals surface area contributed by atoms with Gasteiger partial charge in [-0.15, -0.1) is 0 Å². The van der Waals surface area contributed by atoms with Gasteiger partial charge in [0.15, 0.2) is 0 Å². The van der Waals surface area contributed by atoms with Crippen molar-refractivity contribution in [3.05, 3.63) is 59.7 Å². The Morgan fingerprint density at radius 1 is 1.15 bits per heavy atom. The summed E-state index contributed by atoms with van der Waals surface area (Å²) >= 11 is 0. The zero-order valence-electron chi connectivity index (χ0n) is 15.6. The Kier molecular flexibility index (Phi) is 7.55. The number of hydrogen-bond donors (Lipinski definition) is 1. The van der Waals surface area contributed by atoms with Gasteiger partial charge in [0.05, 0.1) is 19.7 Å². The highest BCUT2D eigenvalue weighted by Gasteiger charge is 2.15. The lowest BCUT2D eigenvalue weighted by molar-refractivity contribution is -0.122. The summed E-state index contributed by atoms with van der Waals surface area (Å²) in [5.41, 5.74) is 1.80. The van der Waals surface area contributed by atoms with Crippen molar-refractivity contribution in [2.24, 2.45) is 0 Å². The maximum absolute atomic E-state index is 12.3. The van der Waals surface area contributed by atoms with E-state index in [2.05, 4.69) is 10.1 Å². The molecule has 0 saturated heterocycles. The van der Waals surface area contributed by atoms with Crippen molar-refractivity contribution in [2.75, 3.05) is 20.7 Å². The topological polar surface area (TPSA) is 50.8 Å². The fraction of sp³-hybridized carbons (Fsp3) is 0.350. The largest absolute Gasteiger partial charge is 0.496 e. The molecular formula is C20H24F2N2O3. The van der Waals surface area contributed by atoms with Gasteiger partial charge in [0.2, 0.25) is 5.91 Å². The molecule has 1 atom stereocenters.